The summed E-state index contributed by atoms with van der Waals surface area (Å²) in [6, 6.07) is 3.24. The van der Waals surface area contributed by atoms with Crippen molar-refractivity contribution in [3.8, 4) is 0 Å². The number of nitrogens with zero attached hydrogens (tertiary/aromatic N) is 1. The highest BCUT2D eigenvalue weighted by Crippen LogP contribution is 2.33. The lowest BCUT2D eigenvalue weighted by molar-refractivity contribution is 0.690. The lowest BCUT2D eigenvalue weighted by atomic mass is 10.2. The zero-order valence-corrected chi connectivity index (χ0v) is 11.4. The number of rotatable bonds is 4. The summed E-state index contributed by atoms with van der Waals surface area (Å²) in [6.45, 7) is 4.24. The predicted octanol–water partition coefficient (Wildman–Crippen LogP) is 5.09. The van der Waals surface area contributed by atoms with Crippen molar-refractivity contribution in [3.63, 3.8) is 0 Å². The van der Waals surface area contributed by atoms with Crippen LogP contribution in [0.1, 0.15) is 20.3 Å². The summed E-state index contributed by atoms with van der Waals surface area (Å²) in [7, 11) is 0. The van der Waals surface area contributed by atoms with Crippen LogP contribution in [0, 0.1) is 5.92 Å². The zero-order valence-electron chi connectivity index (χ0n) is 9.10. The maximum Gasteiger partial charge on any atom is 0.0935 e. The quantitative estimate of drug-likeness (QED) is 0.602. The second-order valence-electron chi connectivity index (χ2n) is 3.80. The Morgan fingerprint density at radius 2 is 1.81 bits per heavy atom. The molecule has 1 aromatic rings. The summed E-state index contributed by atoms with van der Waals surface area (Å²) in [4.78, 5) is 0. The summed E-state index contributed by atoms with van der Waals surface area (Å²) in [5.41, 5.74) is 3.39. The Balaban J connectivity index is 2.71. The van der Waals surface area contributed by atoms with Crippen molar-refractivity contribution in [1.82, 2.24) is 0 Å². The molecule has 0 unspecified atom stereocenters. The molecule has 1 N–H and O–H groups in total. The van der Waals surface area contributed by atoms with E-state index in [0.717, 1.165) is 6.42 Å². The highest BCUT2D eigenvalue weighted by atomic mass is 35.5. The molecule has 88 valence electrons. The third-order valence-corrected chi connectivity index (χ3v) is 2.67. The average molecular weight is 280 g/mol. The van der Waals surface area contributed by atoms with E-state index >= 15 is 0 Å². The van der Waals surface area contributed by atoms with Crippen LogP contribution in [-0.4, -0.2) is 6.21 Å². The van der Waals surface area contributed by atoms with E-state index < -0.39 is 0 Å². The van der Waals surface area contributed by atoms with E-state index in [1.165, 1.54) is 0 Å². The van der Waals surface area contributed by atoms with E-state index in [0.29, 0.717) is 26.7 Å². The summed E-state index contributed by atoms with van der Waals surface area (Å²) in [6.07, 6.45) is 2.70. The van der Waals surface area contributed by atoms with E-state index in [4.69, 9.17) is 34.8 Å². The van der Waals surface area contributed by atoms with Crippen LogP contribution in [0.4, 0.5) is 5.69 Å². The fourth-order valence-electron chi connectivity index (χ4n) is 1.02. The number of hydrazone groups is 1. The lowest BCUT2D eigenvalue weighted by Gasteiger charge is -2.06. The maximum absolute atomic E-state index is 5.97. The Hall–Kier alpha value is -0.440. The van der Waals surface area contributed by atoms with Gasteiger partial charge in [0.1, 0.15) is 0 Å². The minimum atomic E-state index is 0.458. The number of halogens is 3. The van der Waals surface area contributed by atoms with Gasteiger partial charge in [0.15, 0.2) is 0 Å². The van der Waals surface area contributed by atoms with E-state index in [1.54, 1.807) is 18.3 Å². The molecule has 0 heterocycles. The molecule has 0 atom stereocenters. The summed E-state index contributed by atoms with van der Waals surface area (Å²) < 4.78 is 0. The van der Waals surface area contributed by atoms with Crippen molar-refractivity contribution in [2.75, 3.05) is 5.43 Å². The highest BCUT2D eigenvalue weighted by Gasteiger charge is 2.06. The summed E-state index contributed by atoms with van der Waals surface area (Å²) >= 11 is 17.7. The lowest BCUT2D eigenvalue weighted by Crippen LogP contribution is -1.94. The first-order chi connectivity index (χ1) is 7.50. The third-order valence-electron chi connectivity index (χ3n) is 1.85. The predicted molar refractivity (Wildman–Crippen MR) is 73.0 cm³/mol. The number of hydrogen-bond acceptors (Lipinski definition) is 2. The van der Waals surface area contributed by atoms with Gasteiger partial charge < -0.3 is 0 Å². The number of nitrogens with one attached hydrogen (secondary N) is 1. The standard InChI is InChI=1S/C11H13Cl3N2/c1-7(2)3-4-15-16-11-9(13)5-8(12)6-10(11)14/h4-7,16H,3H2,1-2H3. The van der Waals surface area contributed by atoms with Crippen LogP contribution in [0.25, 0.3) is 0 Å². The Labute approximate surface area is 111 Å². The van der Waals surface area contributed by atoms with E-state index in [9.17, 15) is 0 Å². The van der Waals surface area contributed by atoms with E-state index in [1.807, 2.05) is 0 Å². The molecular formula is C11H13Cl3N2. The van der Waals surface area contributed by atoms with Gasteiger partial charge in [-0.15, -0.1) is 0 Å². The zero-order chi connectivity index (χ0) is 12.1. The molecule has 0 fully saturated rings. The van der Waals surface area contributed by atoms with Crippen molar-refractivity contribution in [1.29, 1.82) is 0 Å². The number of benzene rings is 1. The van der Waals surface area contributed by atoms with Crippen LogP contribution >= 0.6 is 34.8 Å². The fourth-order valence-corrected chi connectivity index (χ4v) is 1.92. The Morgan fingerprint density at radius 3 is 2.31 bits per heavy atom. The molecule has 0 aliphatic carbocycles. The van der Waals surface area contributed by atoms with Crippen LogP contribution in [0.2, 0.25) is 15.1 Å². The van der Waals surface area contributed by atoms with Crippen molar-refractivity contribution in [2.24, 2.45) is 11.0 Å². The number of anilines is 1. The van der Waals surface area contributed by atoms with E-state index in [2.05, 4.69) is 24.4 Å². The second kappa shape index (κ2) is 6.33. The fraction of sp³-hybridized carbons (Fsp3) is 0.364. The van der Waals surface area contributed by atoms with Crippen molar-refractivity contribution >= 4 is 46.7 Å². The molecule has 16 heavy (non-hydrogen) atoms. The Kier molecular flexibility index (Phi) is 5.39. The molecule has 1 rings (SSSR count). The average Bonchev–Trinajstić information content (AvgIpc) is 2.14. The molecule has 0 radical (unpaired) electrons. The second-order valence-corrected chi connectivity index (χ2v) is 5.05. The van der Waals surface area contributed by atoms with Gasteiger partial charge in [0.2, 0.25) is 0 Å². The van der Waals surface area contributed by atoms with Crippen LogP contribution in [0.5, 0.6) is 0 Å². The molecule has 0 aromatic heterocycles. The molecule has 0 bridgehead atoms. The van der Waals surface area contributed by atoms with E-state index in [-0.39, 0.29) is 0 Å². The first-order valence-corrected chi connectivity index (χ1v) is 6.06. The topological polar surface area (TPSA) is 24.4 Å². The number of hydrogen-bond donors (Lipinski definition) is 1. The molecule has 0 amide bonds. The van der Waals surface area contributed by atoms with Crippen molar-refractivity contribution < 1.29 is 0 Å². The molecule has 0 spiro atoms. The van der Waals surface area contributed by atoms with Crippen LogP contribution in [0.15, 0.2) is 17.2 Å². The van der Waals surface area contributed by atoms with Crippen LogP contribution in [-0.2, 0) is 0 Å². The van der Waals surface area contributed by atoms with Gasteiger partial charge >= 0.3 is 0 Å². The molecule has 5 heteroatoms. The SMILES string of the molecule is CC(C)CC=NNc1c(Cl)cc(Cl)cc1Cl. The van der Waals surface area contributed by atoms with Gasteiger partial charge in [0, 0.05) is 11.2 Å². The molecule has 0 saturated carbocycles. The van der Waals surface area contributed by atoms with Gasteiger partial charge in [-0.3, -0.25) is 5.43 Å². The molecular weight excluding hydrogens is 266 g/mol. The first-order valence-electron chi connectivity index (χ1n) is 4.92. The van der Waals surface area contributed by atoms with Gasteiger partial charge in [0.05, 0.1) is 15.7 Å². The first kappa shape index (κ1) is 13.6. The monoisotopic (exact) mass is 278 g/mol. The van der Waals surface area contributed by atoms with Crippen LogP contribution < -0.4 is 5.43 Å². The molecule has 0 saturated heterocycles. The van der Waals surface area contributed by atoms with Gasteiger partial charge in [-0.2, -0.15) is 5.10 Å². The summed E-state index contributed by atoms with van der Waals surface area (Å²) in [5, 5.41) is 5.47. The van der Waals surface area contributed by atoms with Crippen LogP contribution in [0.3, 0.4) is 0 Å². The Bertz CT molecular complexity index is 366. The normalized spacial score (nSPS) is 11.4. The molecule has 0 aliphatic heterocycles. The third kappa shape index (κ3) is 4.20. The minimum absolute atomic E-state index is 0.458. The van der Waals surface area contributed by atoms with Gasteiger partial charge in [0.25, 0.3) is 0 Å². The van der Waals surface area contributed by atoms with Gasteiger partial charge in [-0.25, -0.2) is 0 Å². The molecule has 0 aliphatic rings. The molecule has 2 nitrogen and oxygen atoms in total. The Morgan fingerprint density at radius 1 is 1.25 bits per heavy atom. The van der Waals surface area contributed by atoms with Crippen molar-refractivity contribution in [3.05, 3.63) is 27.2 Å². The maximum atomic E-state index is 5.97. The highest BCUT2D eigenvalue weighted by molar-refractivity contribution is 6.41. The van der Waals surface area contributed by atoms with Gasteiger partial charge in [-0.05, 0) is 24.5 Å². The summed E-state index contributed by atoms with van der Waals surface area (Å²) in [5.74, 6) is 0.571. The van der Waals surface area contributed by atoms with Gasteiger partial charge in [-0.1, -0.05) is 48.7 Å². The molecule has 1 aromatic carbocycles. The largest absolute Gasteiger partial charge is 0.276 e. The minimum Gasteiger partial charge on any atom is -0.276 e. The van der Waals surface area contributed by atoms with Crippen molar-refractivity contribution in [2.45, 2.75) is 20.3 Å². The smallest absolute Gasteiger partial charge is 0.0935 e.